The average Bonchev–Trinajstić information content (AvgIpc) is 2.39. The maximum absolute atomic E-state index is 11.2. The van der Waals surface area contributed by atoms with E-state index in [1.807, 2.05) is 24.3 Å². The lowest BCUT2D eigenvalue weighted by molar-refractivity contribution is 0.100. The number of aromatic nitrogens is 1. The number of nitrogens with two attached hydrogens (primary N) is 2. The molecule has 1 amide bonds. The number of hydrogen-bond donors (Lipinski definition) is 2. The summed E-state index contributed by atoms with van der Waals surface area (Å²) in [6.07, 6.45) is 1.45. The Balaban J connectivity index is 2.09. The van der Waals surface area contributed by atoms with Gasteiger partial charge in [0.2, 0.25) is 0 Å². The summed E-state index contributed by atoms with van der Waals surface area (Å²) in [5.74, 6) is 0.181. The van der Waals surface area contributed by atoms with Crippen LogP contribution < -0.4 is 11.5 Å². The second-order valence-electron chi connectivity index (χ2n) is 3.89. The Morgan fingerprint density at radius 1 is 1.32 bits per heavy atom. The van der Waals surface area contributed by atoms with Crippen molar-refractivity contribution in [2.24, 2.45) is 5.73 Å². The maximum atomic E-state index is 11.2. The highest BCUT2D eigenvalue weighted by Gasteiger charge is 2.08. The lowest BCUT2D eigenvalue weighted by Gasteiger charge is -2.05. The number of benzene rings is 1. The topological polar surface area (TPSA) is 82.0 Å². The third kappa shape index (κ3) is 3.62. The molecule has 98 valence electrons. The van der Waals surface area contributed by atoms with Gasteiger partial charge in [-0.25, -0.2) is 4.98 Å². The highest BCUT2D eigenvalue weighted by Crippen LogP contribution is 2.24. The maximum Gasteiger partial charge on any atom is 0.250 e. The Morgan fingerprint density at radius 2 is 2.00 bits per heavy atom. The number of primary amides is 1. The van der Waals surface area contributed by atoms with Gasteiger partial charge in [0.1, 0.15) is 0 Å². The van der Waals surface area contributed by atoms with Crippen molar-refractivity contribution in [2.75, 3.05) is 5.73 Å². The molecule has 0 fully saturated rings. The number of carbonyl (C=O) groups excluding carboxylic acids is 1. The highest BCUT2D eigenvalue weighted by molar-refractivity contribution is 7.98. The third-order valence-electron chi connectivity index (χ3n) is 2.48. The Morgan fingerprint density at radius 3 is 2.63 bits per heavy atom. The number of anilines is 1. The van der Waals surface area contributed by atoms with Crippen LogP contribution in [-0.2, 0) is 5.75 Å². The summed E-state index contributed by atoms with van der Waals surface area (Å²) in [6, 6.07) is 9.17. The van der Waals surface area contributed by atoms with Crippen LogP contribution in [0.4, 0.5) is 5.69 Å². The molecule has 0 aliphatic carbocycles. The molecule has 19 heavy (non-hydrogen) atoms. The third-order valence-corrected chi connectivity index (χ3v) is 3.72. The molecule has 1 heterocycles. The molecule has 0 aliphatic rings. The second-order valence-corrected chi connectivity index (χ2v) is 5.32. The fourth-order valence-electron chi connectivity index (χ4n) is 1.48. The summed E-state index contributed by atoms with van der Waals surface area (Å²) in [5.41, 5.74) is 12.6. The van der Waals surface area contributed by atoms with Crippen LogP contribution in [0.25, 0.3) is 0 Å². The van der Waals surface area contributed by atoms with Gasteiger partial charge in [-0.15, -0.1) is 11.8 Å². The van der Waals surface area contributed by atoms with Crippen LogP contribution >= 0.6 is 23.4 Å². The molecule has 0 bridgehead atoms. The summed E-state index contributed by atoms with van der Waals surface area (Å²) in [4.78, 5) is 15.3. The van der Waals surface area contributed by atoms with E-state index in [1.165, 1.54) is 18.0 Å². The molecule has 1 aromatic carbocycles. The van der Waals surface area contributed by atoms with Gasteiger partial charge >= 0.3 is 0 Å². The van der Waals surface area contributed by atoms with Crippen LogP contribution in [0, 0.1) is 0 Å². The smallest absolute Gasteiger partial charge is 0.250 e. The molecule has 0 atom stereocenters. The highest BCUT2D eigenvalue weighted by atomic mass is 35.5. The summed E-state index contributed by atoms with van der Waals surface area (Å²) < 4.78 is 0. The fraction of sp³-hybridized carbons (Fsp3) is 0.0769. The van der Waals surface area contributed by atoms with E-state index in [2.05, 4.69) is 4.98 Å². The van der Waals surface area contributed by atoms with E-state index in [4.69, 9.17) is 23.1 Å². The molecule has 6 heteroatoms. The predicted octanol–water partition coefficient (Wildman–Crippen LogP) is 2.71. The second kappa shape index (κ2) is 5.95. The van der Waals surface area contributed by atoms with E-state index >= 15 is 0 Å². The van der Waals surface area contributed by atoms with Crippen molar-refractivity contribution in [3.05, 3.63) is 52.7 Å². The van der Waals surface area contributed by atoms with Gasteiger partial charge in [0.25, 0.3) is 5.91 Å². The van der Waals surface area contributed by atoms with Crippen molar-refractivity contribution in [1.29, 1.82) is 0 Å². The van der Waals surface area contributed by atoms with Gasteiger partial charge in [-0.05, 0) is 23.8 Å². The predicted molar refractivity (Wildman–Crippen MR) is 78.2 cm³/mol. The van der Waals surface area contributed by atoms with Gasteiger partial charge in [0.05, 0.1) is 22.5 Å². The number of pyridine rings is 1. The van der Waals surface area contributed by atoms with Gasteiger partial charge in [0.15, 0.2) is 0 Å². The van der Waals surface area contributed by atoms with Crippen LogP contribution in [0.2, 0.25) is 5.02 Å². The number of rotatable bonds is 4. The minimum Gasteiger partial charge on any atom is -0.397 e. The van der Waals surface area contributed by atoms with Crippen LogP contribution in [0.15, 0.2) is 41.6 Å². The molecule has 2 aromatic rings. The minimum absolute atomic E-state index is 0.295. The first-order chi connectivity index (χ1) is 9.06. The number of nitrogens with zero attached hydrogens (tertiary/aromatic N) is 1. The summed E-state index contributed by atoms with van der Waals surface area (Å²) in [5, 5.41) is 1.41. The number of thioether (sulfide) groups is 1. The van der Waals surface area contributed by atoms with Crippen molar-refractivity contribution in [2.45, 2.75) is 10.8 Å². The van der Waals surface area contributed by atoms with Gasteiger partial charge in [-0.2, -0.15) is 0 Å². The Hall–Kier alpha value is -1.72. The Bertz CT molecular complexity index is 601. The number of nitrogen functional groups attached to an aromatic ring is 1. The van der Waals surface area contributed by atoms with Gasteiger partial charge in [-0.1, -0.05) is 23.7 Å². The summed E-state index contributed by atoms with van der Waals surface area (Å²) in [6.45, 7) is 0. The molecule has 0 saturated heterocycles. The van der Waals surface area contributed by atoms with Gasteiger partial charge in [0, 0.05) is 10.8 Å². The van der Waals surface area contributed by atoms with E-state index < -0.39 is 5.91 Å². The SMILES string of the molecule is NC(=O)c1cc(SCc2ccc(Cl)cc2)ncc1N. The molecular formula is C13H12ClN3OS. The zero-order valence-electron chi connectivity index (χ0n) is 9.97. The van der Waals surface area contributed by atoms with E-state index in [0.717, 1.165) is 11.3 Å². The number of carbonyl (C=O) groups is 1. The monoisotopic (exact) mass is 293 g/mol. The lowest BCUT2D eigenvalue weighted by atomic mass is 10.2. The fourth-order valence-corrected chi connectivity index (χ4v) is 2.44. The molecule has 4 nitrogen and oxygen atoms in total. The van der Waals surface area contributed by atoms with Crippen LogP contribution in [-0.4, -0.2) is 10.9 Å². The zero-order valence-corrected chi connectivity index (χ0v) is 11.5. The van der Waals surface area contributed by atoms with Crippen LogP contribution in [0.1, 0.15) is 15.9 Å². The first-order valence-electron chi connectivity index (χ1n) is 5.49. The minimum atomic E-state index is -0.548. The molecule has 0 spiro atoms. The molecular weight excluding hydrogens is 282 g/mol. The first kappa shape index (κ1) is 13.7. The standard InChI is InChI=1S/C13H12ClN3OS/c14-9-3-1-8(2-4-9)7-19-12-5-10(13(16)18)11(15)6-17-12/h1-6H,7,15H2,(H2,16,18). The van der Waals surface area contributed by atoms with E-state index in [9.17, 15) is 4.79 Å². The summed E-state index contributed by atoms with van der Waals surface area (Å²) in [7, 11) is 0. The van der Waals surface area contributed by atoms with Crippen molar-refractivity contribution < 1.29 is 4.79 Å². The van der Waals surface area contributed by atoms with Crippen molar-refractivity contribution in [3.8, 4) is 0 Å². The van der Waals surface area contributed by atoms with Crippen molar-refractivity contribution in [3.63, 3.8) is 0 Å². The number of hydrogen-bond acceptors (Lipinski definition) is 4. The largest absolute Gasteiger partial charge is 0.397 e. The number of amides is 1. The lowest BCUT2D eigenvalue weighted by Crippen LogP contribution is -2.13. The summed E-state index contributed by atoms with van der Waals surface area (Å²) >= 11 is 7.32. The molecule has 0 radical (unpaired) electrons. The average molecular weight is 294 g/mol. The number of halogens is 1. The normalized spacial score (nSPS) is 10.4. The first-order valence-corrected chi connectivity index (χ1v) is 6.85. The molecule has 0 saturated carbocycles. The molecule has 4 N–H and O–H groups in total. The van der Waals surface area contributed by atoms with Crippen LogP contribution in [0.3, 0.4) is 0 Å². The van der Waals surface area contributed by atoms with E-state index in [-0.39, 0.29) is 0 Å². The molecule has 1 aromatic heterocycles. The van der Waals surface area contributed by atoms with Gasteiger partial charge < -0.3 is 11.5 Å². The molecule has 0 unspecified atom stereocenters. The van der Waals surface area contributed by atoms with E-state index in [0.29, 0.717) is 21.3 Å². The molecule has 2 rings (SSSR count). The van der Waals surface area contributed by atoms with Crippen molar-refractivity contribution in [1.82, 2.24) is 4.98 Å². The molecule has 0 aliphatic heterocycles. The Labute approximate surface area is 120 Å². The van der Waals surface area contributed by atoms with E-state index in [1.54, 1.807) is 6.07 Å². The Kier molecular flexibility index (Phi) is 4.29. The zero-order chi connectivity index (χ0) is 13.8. The quantitative estimate of drug-likeness (QED) is 0.849. The van der Waals surface area contributed by atoms with Gasteiger partial charge in [-0.3, -0.25) is 4.79 Å². The van der Waals surface area contributed by atoms with Crippen molar-refractivity contribution >= 4 is 35.0 Å². The van der Waals surface area contributed by atoms with Crippen LogP contribution in [0.5, 0.6) is 0 Å².